The Balaban J connectivity index is 0.000000581. The predicted molar refractivity (Wildman–Crippen MR) is 77.6 cm³/mol. The number of aromatic nitrogens is 2. The molecule has 0 fully saturated rings. The summed E-state index contributed by atoms with van der Waals surface area (Å²) < 4.78 is 0. The summed E-state index contributed by atoms with van der Waals surface area (Å²) in [5, 5.41) is 1.20. The van der Waals surface area contributed by atoms with Gasteiger partial charge in [0.25, 0.3) is 0 Å². The molecule has 0 atom stereocenters. The Labute approximate surface area is 105 Å². The number of fused-ring (bicyclic) bond motifs is 1. The Morgan fingerprint density at radius 2 is 1.65 bits per heavy atom. The zero-order valence-corrected chi connectivity index (χ0v) is 12.3. The van der Waals surface area contributed by atoms with Crippen molar-refractivity contribution in [2.75, 3.05) is 0 Å². The van der Waals surface area contributed by atoms with E-state index < -0.39 is 0 Å². The molecule has 2 heterocycles. The van der Waals surface area contributed by atoms with Crippen molar-refractivity contribution in [3.05, 3.63) is 29.7 Å². The number of nitrogens with zero attached hydrogens (tertiary/aromatic N) is 1. The van der Waals surface area contributed by atoms with Crippen molar-refractivity contribution in [3.8, 4) is 0 Å². The SMILES string of the molecule is CC.CC.Cc1cc2[nH]c(C(C)C)cc2cn1. The Hall–Kier alpha value is -1.31. The number of pyridine rings is 1. The number of hydrogen-bond donors (Lipinski definition) is 1. The summed E-state index contributed by atoms with van der Waals surface area (Å²) in [4.78, 5) is 7.66. The van der Waals surface area contributed by atoms with Gasteiger partial charge in [-0.15, -0.1) is 0 Å². The largest absolute Gasteiger partial charge is 0.358 e. The highest BCUT2D eigenvalue weighted by Gasteiger charge is 2.03. The standard InChI is InChI=1S/C11H14N2.2C2H6/c1-7(2)10-5-9-6-12-8(3)4-11(9)13-10;2*1-2/h4-7,13H,1-3H3;2*1-2H3. The van der Waals surface area contributed by atoms with Gasteiger partial charge >= 0.3 is 0 Å². The monoisotopic (exact) mass is 234 g/mol. The van der Waals surface area contributed by atoms with Crippen LogP contribution in [-0.4, -0.2) is 9.97 Å². The second kappa shape index (κ2) is 7.88. The van der Waals surface area contributed by atoms with Gasteiger partial charge in [-0.3, -0.25) is 4.98 Å². The first kappa shape index (κ1) is 15.7. The van der Waals surface area contributed by atoms with Crippen LogP contribution in [-0.2, 0) is 0 Å². The van der Waals surface area contributed by atoms with Gasteiger partial charge in [0.05, 0.1) is 0 Å². The van der Waals surface area contributed by atoms with E-state index in [2.05, 4.69) is 35.9 Å². The van der Waals surface area contributed by atoms with Crippen LogP contribution < -0.4 is 0 Å². The first-order valence-electron chi connectivity index (χ1n) is 6.62. The van der Waals surface area contributed by atoms with Crippen LogP contribution in [0.1, 0.15) is 58.8 Å². The Morgan fingerprint density at radius 3 is 2.18 bits per heavy atom. The summed E-state index contributed by atoms with van der Waals surface area (Å²) in [7, 11) is 0. The molecule has 0 aliphatic rings. The fraction of sp³-hybridized carbons (Fsp3) is 0.533. The molecule has 0 spiro atoms. The molecule has 2 heteroatoms. The Morgan fingerprint density at radius 1 is 1.06 bits per heavy atom. The smallest absolute Gasteiger partial charge is 0.0489 e. The van der Waals surface area contributed by atoms with E-state index in [0.717, 1.165) is 5.69 Å². The third kappa shape index (κ3) is 4.22. The van der Waals surface area contributed by atoms with Crippen LogP contribution in [0.2, 0.25) is 0 Å². The lowest BCUT2D eigenvalue weighted by Crippen LogP contribution is -1.84. The van der Waals surface area contributed by atoms with E-state index in [1.165, 1.54) is 16.6 Å². The molecule has 0 aliphatic heterocycles. The minimum Gasteiger partial charge on any atom is -0.358 e. The van der Waals surface area contributed by atoms with Gasteiger partial charge in [0.1, 0.15) is 0 Å². The average Bonchev–Trinajstić information content (AvgIpc) is 2.77. The topological polar surface area (TPSA) is 28.7 Å². The van der Waals surface area contributed by atoms with E-state index in [4.69, 9.17) is 0 Å². The molecule has 0 unspecified atom stereocenters. The third-order valence-corrected chi connectivity index (χ3v) is 2.28. The summed E-state index contributed by atoms with van der Waals surface area (Å²) in [6.07, 6.45) is 1.92. The normalized spacial score (nSPS) is 9.41. The molecule has 0 saturated carbocycles. The van der Waals surface area contributed by atoms with Crippen molar-refractivity contribution in [1.29, 1.82) is 0 Å². The van der Waals surface area contributed by atoms with E-state index in [9.17, 15) is 0 Å². The number of rotatable bonds is 1. The molecule has 96 valence electrons. The molecule has 2 aromatic heterocycles. The summed E-state index contributed by atoms with van der Waals surface area (Å²) in [6, 6.07) is 4.26. The minimum atomic E-state index is 0.549. The van der Waals surface area contributed by atoms with Gasteiger partial charge in [0.2, 0.25) is 0 Å². The summed E-state index contributed by atoms with van der Waals surface area (Å²) in [6.45, 7) is 14.4. The highest BCUT2D eigenvalue weighted by atomic mass is 14.7. The van der Waals surface area contributed by atoms with Crippen molar-refractivity contribution < 1.29 is 0 Å². The van der Waals surface area contributed by atoms with Crippen molar-refractivity contribution in [1.82, 2.24) is 9.97 Å². The van der Waals surface area contributed by atoms with Crippen LogP contribution in [0.5, 0.6) is 0 Å². The number of hydrogen-bond acceptors (Lipinski definition) is 1. The van der Waals surface area contributed by atoms with Crippen molar-refractivity contribution in [3.63, 3.8) is 0 Å². The molecule has 0 radical (unpaired) electrons. The van der Waals surface area contributed by atoms with Crippen LogP contribution in [0.3, 0.4) is 0 Å². The molecule has 0 aliphatic carbocycles. The first-order valence-corrected chi connectivity index (χ1v) is 6.62. The molecule has 1 N–H and O–H groups in total. The van der Waals surface area contributed by atoms with Gasteiger partial charge in [-0.1, -0.05) is 41.5 Å². The Bertz CT molecular complexity index is 427. The van der Waals surface area contributed by atoms with E-state index in [-0.39, 0.29) is 0 Å². The van der Waals surface area contributed by atoms with Gasteiger partial charge < -0.3 is 4.98 Å². The Kier molecular flexibility index (Phi) is 7.27. The highest BCUT2D eigenvalue weighted by Crippen LogP contribution is 2.20. The molecular formula is C15H26N2. The van der Waals surface area contributed by atoms with Crippen LogP contribution >= 0.6 is 0 Å². The first-order chi connectivity index (χ1) is 8.16. The van der Waals surface area contributed by atoms with Crippen LogP contribution in [0.15, 0.2) is 18.3 Å². The molecular weight excluding hydrogens is 208 g/mol. The van der Waals surface area contributed by atoms with E-state index >= 15 is 0 Å². The molecule has 2 rings (SSSR count). The maximum absolute atomic E-state index is 4.26. The van der Waals surface area contributed by atoms with E-state index in [1.54, 1.807) is 0 Å². The lowest BCUT2D eigenvalue weighted by molar-refractivity contribution is 0.836. The molecule has 0 amide bonds. The summed E-state index contributed by atoms with van der Waals surface area (Å²) in [5.74, 6) is 0.549. The van der Waals surface area contributed by atoms with Crippen LogP contribution in [0.4, 0.5) is 0 Å². The summed E-state index contributed by atoms with van der Waals surface area (Å²) >= 11 is 0. The van der Waals surface area contributed by atoms with Crippen molar-refractivity contribution >= 4 is 10.9 Å². The molecule has 0 bridgehead atoms. The number of nitrogens with one attached hydrogen (secondary N) is 1. The second-order valence-corrected chi connectivity index (χ2v) is 3.79. The summed E-state index contributed by atoms with van der Waals surface area (Å²) in [5.41, 5.74) is 3.53. The molecule has 17 heavy (non-hydrogen) atoms. The number of aryl methyl sites for hydroxylation is 1. The van der Waals surface area contributed by atoms with Crippen molar-refractivity contribution in [2.24, 2.45) is 0 Å². The second-order valence-electron chi connectivity index (χ2n) is 3.79. The average molecular weight is 234 g/mol. The van der Waals surface area contributed by atoms with Crippen LogP contribution in [0, 0.1) is 6.92 Å². The molecule has 0 saturated heterocycles. The fourth-order valence-corrected chi connectivity index (χ4v) is 1.46. The van der Waals surface area contributed by atoms with Crippen LogP contribution in [0.25, 0.3) is 10.9 Å². The van der Waals surface area contributed by atoms with E-state index in [0.29, 0.717) is 5.92 Å². The number of aromatic amines is 1. The highest BCUT2D eigenvalue weighted by molar-refractivity contribution is 5.79. The minimum absolute atomic E-state index is 0.549. The van der Waals surface area contributed by atoms with Crippen molar-refractivity contribution in [2.45, 2.75) is 54.4 Å². The lowest BCUT2D eigenvalue weighted by atomic mass is 10.1. The quantitative estimate of drug-likeness (QED) is 0.735. The maximum Gasteiger partial charge on any atom is 0.0489 e. The third-order valence-electron chi connectivity index (χ3n) is 2.28. The van der Waals surface area contributed by atoms with E-state index in [1.807, 2.05) is 40.8 Å². The zero-order chi connectivity index (χ0) is 13.4. The van der Waals surface area contributed by atoms with Gasteiger partial charge in [0.15, 0.2) is 0 Å². The van der Waals surface area contributed by atoms with Gasteiger partial charge in [-0.25, -0.2) is 0 Å². The van der Waals surface area contributed by atoms with Gasteiger partial charge in [-0.2, -0.15) is 0 Å². The molecule has 2 aromatic rings. The number of H-pyrrole nitrogens is 1. The molecule has 0 aromatic carbocycles. The van der Waals surface area contributed by atoms with Gasteiger partial charge in [-0.05, 0) is 25.0 Å². The maximum atomic E-state index is 4.26. The fourth-order valence-electron chi connectivity index (χ4n) is 1.46. The lowest BCUT2D eigenvalue weighted by Gasteiger charge is -1.97. The molecule has 2 nitrogen and oxygen atoms in total. The van der Waals surface area contributed by atoms with Gasteiger partial charge in [0, 0.05) is 28.5 Å². The predicted octanol–water partition coefficient (Wildman–Crippen LogP) is 5.05. The zero-order valence-electron chi connectivity index (χ0n) is 12.3.